The molecule has 0 N–H and O–H groups in total. The number of halogens is 2. The zero-order valence-electron chi connectivity index (χ0n) is 10.2. The highest BCUT2D eigenvalue weighted by atomic mass is 35.5. The maximum atomic E-state index is 13.2. The monoisotopic (exact) mass is 279 g/mol. The molecule has 0 spiro atoms. The number of benzene rings is 1. The molecule has 0 aliphatic rings. The molecule has 2 rings (SSSR count). The summed E-state index contributed by atoms with van der Waals surface area (Å²) in [6, 6.07) is 10.3. The Kier molecular flexibility index (Phi) is 4.12. The molecular formula is C14H11ClFNO2. The summed E-state index contributed by atoms with van der Waals surface area (Å²) >= 11 is 5.77. The summed E-state index contributed by atoms with van der Waals surface area (Å²) in [5, 5.41) is -0.0545. The van der Waals surface area contributed by atoms with Gasteiger partial charge in [-0.1, -0.05) is 41.9 Å². The number of hydrogen-bond acceptors (Lipinski definition) is 3. The summed E-state index contributed by atoms with van der Waals surface area (Å²) in [5.74, 6) is -1.22. The summed E-state index contributed by atoms with van der Waals surface area (Å²) in [6.45, 7) is 1.58. The van der Waals surface area contributed by atoms with Gasteiger partial charge < -0.3 is 4.74 Å². The van der Waals surface area contributed by atoms with Crippen LogP contribution in [-0.4, -0.2) is 11.0 Å². The number of hydrogen-bond donors (Lipinski definition) is 0. The van der Waals surface area contributed by atoms with Crippen molar-refractivity contribution < 1.29 is 13.9 Å². The van der Waals surface area contributed by atoms with Crippen molar-refractivity contribution in [2.75, 3.05) is 0 Å². The second-order valence-corrected chi connectivity index (χ2v) is 4.35. The lowest BCUT2D eigenvalue weighted by Crippen LogP contribution is -2.10. The molecule has 0 aliphatic carbocycles. The first-order valence-electron chi connectivity index (χ1n) is 5.61. The number of nitrogens with zero attached hydrogens (tertiary/aromatic N) is 1. The van der Waals surface area contributed by atoms with Gasteiger partial charge in [0, 0.05) is 0 Å². The minimum atomic E-state index is -0.669. The summed E-state index contributed by atoms with van der Waals surface area (Å²) in [7, 11) is 0. The molecule has 98 valence electrons. The molecule has 0 saturated carbocycles. The standard InChI is InChI=1S/C14H11ClFNO2/c1-9-12(16)7-11(15)13(17-9)14(18)19-8-10-5-3-2-4-6-10/h2-7H,8H2,1H3. The minimum Gasteiger partial charge on any atom is -0.456 e. The molecule has 1 aromatic heterocycles. The average Bonchev–Trinajstić information content (AvgIpc) is 2.41. The molecule has 5 heteroatoms. The van der Waals surface area contributed by atoms with Crippen molar-refractivity contribution in [3.8, 4) is 0 Å². The number of aromatic nitrogens is 1. The number of carbonyl (C=O) groups is 1. The molecule has 1 heterocycles. The van der Waals surface area contributed by atoms with Crippen molar-refractivity contribution in [2.24, 2.45) is 0 Å². The van der Waals surface area contributed by atoms with Crippen LogP contribution in [-0.2, 0) is 11.3 Å². The Bertz CT molecular complexity index is 602. The first kappa shape index (κ1) is 13.5. The van der Waals surface area contributed by atoms with Gasteiger partial charge in [0.1, 0.15) is 12.4 Å². The molecule has 0 unspecified atom stereocenters. The summed E-state index contributed by atoms with van der Waals surface area (Å²) in [4.78, 5) is 15.6. The van der Waals surface area contributed by atoms with Gasteiger partial charge in [0.25, 0.3) is 0 Å². The Morgan fingerprint density at radius 1 is 1.37 bits per heavy atom. The van der Waals surface area contributed by atoms with E-state index in [9.17, 15) is 9.18 Å². The van der Waals surface area contributed by atoms with Crippen molar-refractivity contribution in [3.05, 3.63) is 64.2 Å². The fourth-order valence-electron chi connectivity index (χ4n) is 1.49. The molecule has 0 bridgehead atoms. The number of rotatable bonds is 3. The van der Waals surface area contributed by atoms with Gasteiger partial charge in [-0.05, 0) is 18.6 Å². The van der Waals surface area contributed by atoms with Gasteiger partial charge in [-0.15, -0.1) is 0 Å². The van der Waals surface area contributed by atoms with Gasteiger partial charge in [0.15, 0.2) is 5.69 Å². The van der Waals surface area contributed by atoms with Crippen LogP contribution < -0.4 is 0 Å². The Labute approximate surface area is 115 Å². The van der Waals surface area contributed by atoms with Crippen molar-refractivity contribution in [1.29, 1.82) is 0 Å². The smallest absolute Gasteiger partial charge is 0.358 e. The number of carbonyl (C=O) groups excluding carboxylic acids is 1. The first-order chi connectivity index (χ1) is 9.08. The van der Waals surface area contributed by atoms with E-state index in [4.69, 9.17) is 16.3 Å². The average molecular weight is 280 g/mol. The Hall–Kier alpha value is -1.94. The lowest BCUT2D eigenvalue weighted by Gasteiger charge is -2.07. The zero-order chi connectivity index (χ0) is 13.8. The van der Waals surface area contributed by atoms with Crippen LogP contribution >= 0.6 is 11.6 Å². The van der Waals surface area contributed by atoms with E-state index in [2.05, 4.69) is 4.98 Å². The maximum absolute atomic E-state index is 13.2. The largest absolute Gasteiger partial charge is 0.456 e. The van der Waals surface area contributed by atoms with E-state index in [0.29, 0.717) is 0 Å². The van der Waals surface area contributed by atoms with Gasteiger partial charge in [-0.3, -0.25) is 0 Å². The molecule has 0 fully saturated rings. The molecule has 1 aromatic carbocycles. The molecule has 19 heavy (non-hydrogen) atoms. The number of esters is 1. The molecule has 0 atom stereocenters. The SMILES string of the molecule is Cc1nc(C(=O)OCc2ccccc2)c(Cl)cc1F. The van der Waals surface area contributed by atoms with Crippen molar-refractivity contribution >= 4 is 17.6 Å². The topological polar surface area (TPSA) is 39.2 Å². The quantitative estimate of drug-likeness (QED) is 0.807. The van der Waals surface area contributed by atoms with Gasteiger partial charge in [0.05, 0.1) is 10.7 Å². The van der Waals surface area contributed by atoms with Gasteiger partial charge in [0.2, 0.25) is 0 Å². The van der Waals surface area contributed by atoms with Crippen LogP contribution in [0.4, 0.5) is 4.39 Å². The zero-order valence-corrected chi connectivity index (χ0v) is 10.9. The van der Waals surface area contributed by atoms with Crippen LogP contribution in [0.15, 0.2) is 36.4 Å². The van der Waals surface area contributed by atoms with E-state index in [0.717, 1.165) is 11.6 Å². The normalized spacial score (nSPS) is 10.3. The van der Waals surface area contributed by atoms with Crippen LogP contribution in [0.5, 0.6) is 0 Å². The molecule has 2 aromatic rings. The minimum absolute atomic E-state index is 0.0545. The van der Waals surface area contributed by atoms with Gasteiger partial charge in [-0.25, -0.2) is 14.2 Å². The third-order valence-corrected chi connectivity index (χ3v) is 2.80. The van der Waals surface area contributed by atoms with E-state index < -0.39 is 11.8 Å². The summed E-state index contributed by atoms with van der Waals surface area (Å²) < 4.78 is 18.3. The molecule has 0 saturated heterocycles. The highest BCUT2D eigenvalue weighted by Crippen LogP contribution is 2.18. The van der Waals surface area contributed by atoms with Gasteiger partial charge >= 0.3 is 5.97 Å². The number of pyridine rings is 1. The van der Waals surface area contributed by atoms with Crippen LogP contribution in [0, 0.1) is 12.7 Å². The summed E-state index contributed by atoms with van der Waals surface area (Å²) in [6.07, 6.45) is 0. The van der Waals surface area contributed by atoms with Crippen LogP contribution in [0.2, 0.25) is 5.02 Å². The second kappa shape index (κ2) is 5.80. The molecular weight excluding hydrogens is 269 g/mol. The second-order valence-electron chi connectivity index (χ2n) is 3.95. The van der Waals surface area contributed by atoms with Gasteiger partial charge in [-0.2, -0.15) is 0 Å². The predicted molar refractivity (Wildman–Crippen MR) is 69.5 cm³/mol. The molecule has 0 radical (unpaired) electrons. The molecule has 3 nitrogen and oxygen atoms in total. The fraction of sp³-hybridized carbons (Fsp3) is 0.143. The lowest BCUT2D eigenvalue weighted by atomic mass is 10.2. The first-order valence-corrected chi connectivity index (χ1v) is 5.99. The van der Waals surface area contributed by atoms with Crippen molar-refractivity contribution in [3.63, 3.8) is 0 Å². The Morgan fingerprint density at radius 2 is 2.05 bits per heavy atom. The molecule has 0 aliphatic heterocycles. The predicted octanol–water partition coefficient (Wildman–Crippen LogP) is 3.54. The summed E-state index contributed by atoms with van der Waals surface area (Å²) in [5.41, 5.74) is 0.887. The Morgan fingerprint density at radius 3 is 2.74 bits per heavy atom. The number of aryl methyl sites for hydroxylation is 1. The van der Waals surface area contributed by atoms with E-state index >= 15 is 0 Å². The third-order valence-electron chi connectivity index (χ3n) is 2.51. The maximum Gasteiger partial charge on any atom is 0.358 e. The van der Waals surface area contributed by atoms with E-state index in [1.807, 2.05) is 30.3 Å². The lowest BCUT2D eigenvalue weighted by molar-refractivity contribution is 0.0465. The highest BCUT2D eigenvalue weighted by Gasteiger charge is 2.16. The van der Waals surface area contributed by atoms with Crippen LogP contribution in [0.3, 0.4) is 0 Å². The van der Waals surface area contributed by atoms with Crippen LogP contribution in [0.25, 0.3) is 0 Å². The van der Waals surface area contributed by atoms with E-state index in [-0.39, 0.29) is 23.0 Å². The van der Waals surface area contributed by atoms with E-state index in [1.54, 1.807) is 0 Å². The fourth-order valence-corrected chi connectivity index (χ4v) is 1.71. The van der Waals surface area contributed by atoms with Crippen molar-refractivity contribution in [1.82, 2.24) is 4.98 Å². The van der Waals surface area contributed by atoms with Crippen LogP contribution in [0.1, 0.15) is 21.7 Å². The highest BCUT2D eigenvalue weighted by molar-refractivity contribution is 6.33. The molecule has 0 amide bonds. The third kappa shape index (κ3) is 3.29. The number of ether oxygens (including phenoxy) is 1. The van der Waals surface area contributed by atoms with E-state index in [1.165, 1.54) is 6.92 Å². The Balaban J connectivity index is 2.10. The van der Waals surface area contributed by atoms with Crippen molar-refractivity contribution in [2.45, 2.75) is 13.5 Å².